The average Bonchev–Trinajstić information content (AvgIpc) is 3.10. The third-order valence-corrected chi connectivity index (χ3v) is 5.22. The lowest BCUT2D eigenvalue weighted by Crippen LogP contribution is -2.28. The number of rotatable bonds is 6. The van der Waals surface area contributed by atoms with Gasteiger partial charge in [-0.2, -0.15) is 0 Å². The van der Waals surface area contributed by atoms with Gasteiger partial charge in [0.1, 0.15) is 17.3 Å². The fraction of sp³-hybridized carbons (Fsp3) is 0.261. The summed E-state index contributed by atoms with van der Waals surface area (Å²) in [5.74, 6) is 1.96. The van der Waals surface area contributed by atoms with E-state index in [9.17, 15) is 5.11 Å². The van der Waals surface area contributed by atoms with Crippen LogP contribution in [0.25, 0.3) is 33.4 Å². The van der Waals surface area contributed by atoms with Crippen molar-refractivity contribution in [2.45, 2.75) is 33.2 Å². The maximum Gasteiger partial charge on any atom is 0.165 e. The van der Waals surface area contributed by atoms with Gasteiger partial charge in [-0.05, 0) is 50.1 Å². The van der Waals surface area contributed by atoms with Crippen LogP contribution in [0.4, 0.5) is 5.82 Å². The van der Waals surface area contributed by atoms with Crippen LogP contribution >= 0.6 is 0 Å². The molecule has 0 aliphatic rings. The number of nitrogens with two attached hydrogens (primary N) is 1. The lowest BCUT2D eigenvalue weighted by molar-refractivity contribution is 0.393. The zero-order valence-electron chi connectivity index (χ0n) is 17.3. The van der Waals surface area contributed by atoms with E-state index in [4.69, 9.17) is 20.2 Å². The van der Waals surface area contributed by atoms with Crippen molar-refractivity contribution in [3.63, 3.8) is 0 Å². The van der Waals surface area contributed by atoms with Crippen LogP contribution in [0.2, 0.25) is 0 Å². The Kier molecular flexibility index (Phi) is 5.37. The molecule has 0 radical (unpaired) electrons. The molecule has 1 atom stereocenters. The van der Waals surface area contributed by atoms with Gasteiger partial charge in [0, 0.05) is 23.5 Å². The number of nitrogens with one attached hydrogen (secondary N) is 1. The van der Waals surface area contributed by atoms with Gasteiger partial charge in [0.25, 0.3) is 0 Å². The minimum Gasteiger partial charge on any atom is -0.507 e. The molecule has 2 aromatic carbocycles. The Morgan fingerprint density at radius 1 is 1.13 bits per heavy atom. The molecule has 0 unspecified atom stereocenters. The molecule has 30 heavy (non-hydrogen) atoms. The van der Waals surface area contributed by atoms with E-state index >= 15 is 0 Å². The summed E-state index contributed by atoms with van der Waals surface area (Å²) in [5.41, 5.74) is 10.00. The Bertz CT molecular complexity index is 1180. The molecule has 0 saturated carbocycles. The number of phenols is 1. The Balaban J connectivity index is 1.84. The van der Waals surface area contributed by atoms with Crippen LogP contribution in [0.5, 0.6) is 5.75 Å². The first-order valence-corrected chi connectivity index (χ1v) is 10.0. The lowest BCUT2D eigenvalue weighted by atomic mass is 10.0. The highest BCUT2D eigenvalue weighted by molar-refractivity contribution is 5.91. The Labute approximate surface area is 175 Å². The Morgan fingerprint density at radius 3 is 2.67 bits per heavy atom. The molecule has 0 bridgehead atoms. The van der Waals surface area contributed by atoms with Gasteiger partial charge < -0.3 is 20.7 Å². The highest BCUT2D eigenvalue weighted by atomic mass is 16.5. The Hall–Kier alpha value is -3.45. The van der Waals surface area contributed by atoms with Gasteiger partial charge in [0.05, 0.1) is 16.8 Å². The molecular formula is C23H25N5O2. The monoisotopic (exact) mass is 403 g/mol. The molecule has 0 spiro atoms. The molecule has 0 fully saturated rings. The van der Waals surface area contributed by atoms with E-state index < -0.39 is 0 Å². The van der Waals surface area contributed by atoms with Gasteiger partial charge in [-0.1, -0.05) is 30.3 Å². The molecule has 4 rings (SSSR count). The first kappa shape index (κ1) is 19.8. The maximum atomic E-state index is 10.6. The van der Waals surface area contributed by atoms with Gasteiger partial charge in [0.15, 0.2) is 5.82 Å². The standard InChI is InChI=1S/C23H25N5O2/c1-4-16(24)12-25-22-17-7-5-6-8-19(17)26-23(27-22)18-11-15(9-10-20(18)29)21-13(2)28-30-14(21)3/h5-11,16,29H,4,12,24H2,1-3H3,(H,25,26,27)/t16-/m1/s1. The van der Waals surface area contributed by atoms with Gasteiger partial charge >= 0.3 is 0 Å². The second kappa shape index (κ2) is 8.12. The molecule has 2 aromatic heterocycles. The summed E-state index contributed by atoms with van der Waals surface area (Å²) in [4.78, 5) is 9.43. The number of fused-ring (bicyclic) bond motifs is 1. The number of hydrogen-bond acceptors (Lipinski definition) is 7. The van der Waals surface area contributed by atoms with E-state index in [0.717, 1.165) is 39.9 Å². The van der Waals surface area contributed by atoms with Crippen molar-refractivity contribution in [3.8, 4) is 28.3 Å². The molecule has 0 saturated heterocycles. The molecule has 154 valence electrons. The number of aryl methyl sites for hydroxylation is 2. The normalized spacial score (nSPS) is 12.3. The van der Waals surface area contributed by atoms with Crippen LogP contribution in [0.15, 0.2) is 47.0 Å². The quantitative estimate of drug-likeness (QED) is 0.437. The number of para-hydroxylation sites is 1. The van der Waals surface area contributed by atoms with Crippen LogP contribution in [0, 0.1) is 13.8 Å². The highest BCUT2D eigenvalue weighted by Crippen LogP contribution is 2.35. The number of aromatic hydroxyl groups is 1. The summed E-state index contributed by atoms with van der Waals surface area (Å²) in [6.07, 6.45) is 0.864. The van der Waals surface area contributed by atoms with Crippen molar-refractivity contribution in [2.24, 2.45) is 5.73 Å². The SMILES string of the molecule is CC[C@@H](N)CNc1nc(-c2cc(-c3c(C)noc3C)ccc2O)nc2ccccc12. The fourth-order valence-corrected chi connectivity index (χ4v) is 3.47. The number of anilines is 1. The summed E-state index contributed by atoms with van der Waals surface area (Å²) < 4.78 is 5.30. The van der Waals surface area contributed by atoms with E-state index in [2.05, 4.69) is 10.5 Å². The van der Waals surface area contributed by atoms with Crippen molar-refractivity contribution in [1.29, 1.82) is 0 Å². The number of aromatic nitrogens is 3. The van der Waals surface area contributed by atoms with Crippen molar-refractivity contribution >= 4 is 16.7 Å². The van der Waals surface area contributed by atoms with Crippen LogP contribution in [-0.2, 0) is 0 Å². The molecule has 0 aliphatic carbocycles. The topological polar surface area (TPSA) is 110 Å². The summed E-state index contributed by atoms with van der Waals surface area (Å²) >= 11 is 0. The molecule has 0 aliphatic heterocycles. The second-order valence-corrected chi connectivity index (χ2v) is 7.39. The van der Waals surface area contributed by atoms with Gasteiger partial charge in [-0.3, -0.25) is 0 Å². The molecule has 7 nitrogen and oxygen atoms in total. The van der Waals surface area contributed by atoms with E-state index in [0.29, 0.717) is 23.8 Å². The number of benzene rings is 2. The van der Waals surface area contributed by atoms with Crippen molar-refractivity contribution in [3.05, 3.63) is 53.9 Å². The van der Waals surface area contributed by atoms with E-state index in [1.54, 1.807) is 6.07 Å². The minimum absolute atomic E-state index is 0.0263. The first-order chi connectivity index (χ1) is 14.5. The van der Waals surface area contributed by atoms with Crippen LogP contribution in [0.1, 0.15) is 24.8 Å². The molecule has 4 N–H and O–H groups in total. The predicted molar refractivity (Wildman–Crippen MR) is 118 cm³/mol. The summed E-state index contributed by atoms with van der Waals surface area (Å²) in [5, 5.41) is 18.9. The smallest absolute Gasteiger partial charge is 0.165 e. The Morgan fingerprint density at radius 2 is 1.93 bits per heavy atom. The van der Waals surface area contributed by atoms with E-state index in [1.807, 2.05) is 57.2 Å². The average molecular weight is 403 g/mol. The van der Waals surface area contributed by atoms with Crippen LogP contribution in [-0.4, -0.2) is 32.8 Å². The maximum absolute atomic E-state index is 10.6. The number of hydrogen-bond donors (Lipinski definition) is 3. The van der Waals surface area contributed by atoms with Gasteiger partial charge in [-0.15, -0.1) is 0 Å². The third kappa shape index (κ3) is 3.71. The van der Waals surface area contributed by atoms with Crippen molar-refractivity contribution in [1.82, 2.24) is 15.1 Å². The van der Waals surface area contributed by atoms with Gasteiger partial charge in [-0.25, -0.2) is 9.97 Å². The lowest BCUT2D eigenvalue weighted by Gasteiger charge is -2.14. The van der Waals surface area contributed by atoms with Gasteiger partial charge in [0.2, 0.25) is 0 Å². The van der Waals surface area contributed by atoms with Crippen molar-refractivity contribution in [2.75, 3.05) is 11.9 Å². The van der Waals surface area contributed by atoms with Crippen molar-refractivity contribution < 1.29 is 9.63 Å². The van der Waals surface area contributed by atoms with E-state index in [-0.39, 0.29) is 11.8 Å². The molecule has 2 heterocycles. The fourth-order valence-electron chi connectivity index (χ4n) is 3.47. The summed E-state index contributed by atoms with van der Waals surface area (Å²) in [7, 11) is 0. The third-order valence-electron chi connectivity index (χ3n) is 5.22. The zero-order valence-corrected chi connectivity index (χ0v) is 17.3. The van der Waals surface area contributed by atoms with E-state index in [1.165, 1.54) is 0 Å². The summed E-state index contributed by atoms with van der Waals surface area (Å²) in [6.45, 7) is 6.41. The minimum atomic E-state index is 0.0263. The second-order valence-electron chi connectivity index (χ2n) is 7.39. The van der Waals surface area contributed by atoms with Crippen LogP contribution < -0.4 is 11.1 Å². The first-order valence-electron chi connectivity index (χ1n) is 10.0. The number of phenolic OH excluding ortho intramolecular Hbond substituents is 1. The molecule has 4 aromatic rings. The highest BCUT2D eigenvalue weighted by Gasteiger charge is 2.17. The predicted octanol–water partition coefficient (Wildman–Crippen LogP) is 4.42. The largest absolute Gasteiger partial charge is 0.507 e. The van der Waals surface area contributed by atoms with Crippen LogP contribution in [0.3, 0.4) is 0 Å². The molecule has 0 amide bonds. The zero-order chi connectivity index (χ0) is 21.3. The molecule has 7 heteroatoms. The summed E-state index contributed by atoms with van der Waals surface area (Å²) in [6, 6.07) is 13.2. The molecular weight excluding hydrogens is 378 g/mol. The number of nitrogens with zero attached hydrogens (tertiary/aromatic N) is 3.